The quantitative estimate of drug-likeness (QED) is 0.879. The summed E-state index contributed by atoms with van der Waals surface area (Å²) in [6.07, 6.45) is 4.81. The van der Waals surface area contributed by atoms with Gasteiger partial charge in [0.25, 0.3) is 0 Å². The second-order valence-electron chi connectivity index (χ2n) is 6.21. The number of piperidine rings is 1. The van der Waals surface area contributed by atoms with Gasteiger partial charge in [-0.25, -0.2) is 8.42 Å². The summed E-state index contributed by atoms with van der Waals surface area (Å²) in [7, 11) is -1.66. The third-order valence-electron chi connectivity index (χ3n) is 4.22. The first-order chi connectivity index (χ1) is 11.9. The fraction of sp³-hybridized carbons (Fsp3) is 0.412. The van der Waals surface area contributed by atoms with Crippen molar-refractivity contribution in [3.63, 3.8) is 0 Å². The number of nitrogens with one attached hydrogen (secondary N) is 1. The summed E-state index contributed by atoms with van der Waals surface area (Å²) in [6.45, 7) is 1.16. The highest BCUT2D eigenvalue weighted by Crippen LogP contribution is 2.21. The van der Waals surface area contributed by atoms with E-state index in [0.29, 0.717) is 18.9 Å². The molecule has 1 fully saturated rings. The molecule has 1 aliphatic rings. The van der Waals surface area contributed by atoms with Crippen LogP contribution in [0.2, 0.25) is 0 Å². The highest BCUT2D eigenvalue weighted by atomic mass is 32.2. The fourth-order valence-electron chi connectivity index (χ4n) is 2.89. The number of hydrogen-bond donors (Lipinski definition) is 1. The van der Waals surface area contributed by atoms with Gasteiger partial charge < -0.3 is 5.32 Å². The van der Waals surface area contributed by atoms with E-state index in [4.69, 9.17) is 0 Å². The first-order valence-electron chi connectivity index (χ1n) is 8.34. The van der Waals surface area contributed by atoms with Gasteiger partial charge in [0.05, 0.1) is 11.3 Å². The molecule has 1 aliphatic heterocycles. The molecular formula is C17H22N4O3S. The number of nitrogens with zero attached hydrogens (tertiary/aromatic N) is 3. The number of carbonyl (C=O) groups excluding carboxylic acids is 1. The van der Waals surface area contributed by atoms with Crippen LogP contribution in [0.5, 0.6) is 0 Å². The molecule has 134 valence electrons. The van der Waals surface area contributed by atoms with Gasteiger partial charge in [0.15, 0.2) is 5.82 Å². The summed E-state index contributed by atoms with van der Waals surface area (Å²) < 4.78 is 28.3. The van der Waals surface area contributed by atoms with Gasteiger partial charge in [-0.15, -0.1) is 0 Å². The van der Waals surface area contributed by atoms with Crippen LogP contribution in [0.25, 0.3) is 0 Å². The minimum atomic E-state index is -3.43. The molecule has 2 aromatic rings. The third-order valence-corrected chi connectivity index (χ3v) is 6.13. The normalized spacial score (nSPS) is 15.9. The van der Waals surface area contributed by atoms with Crippen molar-refractivity contribution >= 4 is 21.7 Å². The average Bonchev–Trinajstić information content (AvgIpc) is 3.01. The minimum absolute atomic E-state index is 0.167. The largest absolute Gasteiger partial charge is 0.309 e. The number of anilines is 1. The number of amides is 1. The molecule has 0 spiro atoms. The second kappa shape index (κ2) is 7.37. The van der Waals surface area contributed by atoms with Crippen LogP contribution in [0.4, 0.5) is 5.82 Å². The number of aryl methyl sites for hydroxylation is 1. The van der Waals surface area contributed by atoms with Crippen LogP contribution in [0.3, 0.4) is 0 Å². The highest BCUT2D eigenvalue weighted by Gasteiger charge is 2.25. The van der Waals surface area contributed by atoms with Crippen LogP contribution in [-0.4, -0.2) is 41.5 Å². The molecule has 1 N–H and O–H groups in total. The molecular weight excluding hydrogens is 340 g/mol. The Balaban J connectivity index is 1.64. The molecule has 2 heterocycles. The lowest BCUT2D eigenvalue weighted by Crippen LogP contribution is -2.35. The van der Waals surface area contributed by atoms with Crippen molar-refractivity contribution in [3.8, 4) is 0 Å². The lowest BCUT2D eigenvalue weighted by atomic mass is 10.1. The Kier molecular flexibility index (Phi) is 5.19. The molecule has 1 saturated heterocycles. The van der Waals surface area contributed by atoms with Gasteiger partial charge in [0, 0.05) is 32.4 Å². The van der Waals surface area contributed by atoms with Crippen molar-refractivity contribution in [1.82, 2.24) is 14.1 Å². The van der Waals surface area contributed by atoms with E-state index in [1.54, 1.807) is 52.6 Å². The number of carbonyl (C=O) groups is 1. The Hall–Kier alpha value is -2.19. The summed E-state index contributed by atoms with van der Waals surface area (Å²) in [5.74, 6) is 0.308. The van der Waals surface area contributed by atoms with Gasteiger partial charge in [-0.05, 0) is 30.5 Å². The van der Waals surface area contributed by atoms with Crippen molar-refractivity contribution in [2.45, 2.75) is 30.6 Å². The molecule has 0 unspecified atom stereocenters. The van der Waals surface area contributed by atoms with Gasteiger partial charge in [-0.3, -0.25) is 9.48 Å². The SMILES string of the molecule is Cn1ccc(NC(=O)Cc2ccc(S(=O)(=O)N3CCCCC3)cc2)n1. The van der Waals surface area contributed by atoms with Gasteiger partial charge in [-0.1, -0.05) is 18.6 Å². The monoisotopic (exact) mass is 362 g/mol. The average molecular weight is 362 g/mol. The van der Waals surface area contributed by atoms with Crippen molar-refractivity contribution in [1.29, 1.82) is 0 Å². The second-order valence-corrected chi connectivity index (χ2v) is 8.15. The molecule has 7 nitrogen and oxygen atoms in total. The van der Waals surface area contributed by atoms with Gasteiger partial charge in [-0.2, -0.15) is 9.40 Å². The van der Waals surface area contributed by atoms with Gasteiger partial charge in [0.1, 0.15) is 0 Å². The first kappa shape index (κ1) is 17.6. The Morgan fingerprint density at radius 2 is 1.80 bits per heavy atom. The predicted octanol–water partition coefficient (Wildman–Crippen LogP) is 1.78. The molecule has 1 aromatic carbocycles. The zero-order valence-electron chi connectivity index (χ0n) is 14.2. The molecule has 1 aromatic heterocycles. The Morgan fingerprint density at radius 1 is 1.12 bits per heavy atom. The number of hydrogen-bond acceptors (Lipinski definition) is 4. The molecule has 0 aliphatic carbocycles. The molecule has 0 atom stereocenters. The van der Waals surface area contributed by atoms with E-state index in [-0.39, 0.29) is 17.2 Å². The zero-order valence-corrected chi connectivity index (χ0v) is 15.0. The van der Waals surface area contributed by atoms with E-state index >= 15 is 0 Å². The maximum atomic E-state index is 12.6. The van der Waals surface area contributed by atoms with E-state index in [9.17, 15) is 13.2 Å². The van der Waals surface area contributed by atoms with Crippen molar-refractivity contribution in [2.75, 3.05) is 18.4 Å². The smallest absolute Gasteiger partial charge is 0.243 e. The van der Waals surface area contributed by atoms with Crippen molar-refractivity contribution < 1.29 is 13.2 Å². The third kappa shape index (κ3) is 4.26. The summed E-state index contributed by atoms with van der Waals surface area (Å²) in [6, 6.07) is 8.25. The summed E-state index contributed by atoms with van der Waals surface area (Å²) in [5, 5.41) is 6.80. The van der Waals surface area contributed by atoms with E-state index < -0.39 is 10.0 Å². The van der Waals surface area contributed by atoms with Crippen molar-refractivity contribution in [2.24, 2.45) is 7.05 Å². The lowest BCUT2D eigenvalue weighted by Gasteiger charge is -2.25. The molecule has 0 radical (unpaired) electrons. The maximum Gasteiger partial charge on any atom is 0.243 e. The van der Waals surface area contributed by atoms with E-state index in [2.05, 4.69) is 10.4 Å². The summed E-state index contributed by atoms with van der Waals surface area (Å²) >= 11 is 0. The van der Waals surface area contributed by atoms with E-state index in [1.165, 1.54) is 0 Å². The molecule has 8 heteroatoms. The number of rotatable bonds is 5. The lowest BCUT2D eigenvalue weighted by molar-refractivity contribution is -0.115. The number of aromatic nitrogens is 2. The number of benzene rings is 1. The molecule has 0 saturated carbocycles. The zero-order chi connectivity index (χ0) is 17.9. The van der Waals surface area contributed by atoms with Crippen LogP contribution in [0.1, 0.15) is 24.8 Å². The van der Waals surface area contributed by atoms with E-state index in [1.807, 2.05) is 0 Å². The van der Waals surface area contributed by atoms with E-state index in [0.717, 1.165) is 24.8 Å². The first-order valence-corrected chi connectivity index (χ1v) is 9.78. The molecule has 3 rings (SSSR count). The fourth-order valence-corrected chi connectivity index (χ4v) is 4.40. The van der Waals surface area contributed by atoms with Crippen molar-refractivity contribution in [3.05, 3.63) is 42.1 Å². The maximum absolute atomic E-state index is 12.6. The Morgan fingerprint density at radius 3 is 2.40 bits per heavy atom. The number of sulfonamides is 1. The molecule has 25 heavy (non-hydrogen) atoms. The van der Waals surface area contributed by atoms with Gasteiger partial charge in [0.2, 0.25) is 15.9 Å². The standard InChI is InChI=1S/C17H22N4O3S/c1-20-12-9-16(19-20)18-17(22)13-14-5-7-15(8-6-14)25(23,24)21-10-3-2-4-11-21/h5-9,12H,2-4,10-11,13H2,1H3,(H,18,19,22). The van der Waals surface area contributed by atoms with Gasteiger partial charge >= 0.3 is 0 Å². The predicted molar refractivity (Wildman–Crippen MR) is 94.6 cm³/mol. The topological polar surface area (TPSA) is 84.3 Å². The van der Waals surface area contributed by atoms with Crippen LogP contribution in [0.15, 0.2) is 41.4 Å². The van der Waals surface area contributed by atoms with Crippen LogP contribution >= 0.6 is 0 Å². The molecule has 0 bridgehead atoms. The highest BCUT2D eigenvalue weighted by molar-refractivity contribution is 7.89. The Labute approximate surface area is 147 Å². The van der Waals surface area contributed by atoms with Crippen LogP contribution in [-0.2, 0) is 28.3 Å². The minimum Gasteiger partial charge on any atom is -0.309 e. The van der Waals surface area contributed by atoms with Crippen LogP contribution < -0.4 is 5.32 Å². The Bertz CT molecular complexity index is 837. The summed E-state index contributed by atoms with van der Waals surface area (Å²) in [4.78, 5) is 12.3. The molecule has 1 amide bonds. The van der Waals surface area contributed by atoms with Crippen LogP contribution in [0, 0.1) is 0 Å². The summed E-state index contributed by atoms with van der Waals surface area (Å²) in [5.41, 5.74) is 0.756.